The van der Waals surface area contributed by atoms with Crippen LogP contribution < -0.4 is 0 Å². The zero-order chi connectivity index (χ0) is 17.8. The van der Waals surface area contributed by atoms with E-state index in [1.54, 1.807) is 23.9 Å². The zero-order valence-electron chi connectivity index (χ0n) is 14.6. The summed E-state index contributed by atoms with van der Waals surface area (Å²) in [5.41, 5.74) is 2.09. The van der Waals surface area contributed by atoms with E-state index in [0.29, 0.717) is 0 Å². The monoisotopic (exact) mass is 356 g/mol. The van der Waals surface area contributed by atoms with Gasteiger partial charge in [0.15, 0.2) is 11.0 Å². The van der Waals surface area contributed by atoms with E-state index >= 15 is 0 Å². The fourth-order valence-electron chi connectivity index (χ4n) is 2.43. The Hall–Kier alpha value is -2.18. The average Bonchev–Trinajstić information content (AvgIpc) is 3.04. The van der Waals surface area contributed by atoms with Crippen molar-refractivity contribution in [2.24, 2.45) is 0 Å². The normalized spacial score (nSPS) is 12.5. The van der Waals surface area contributed by atoms with Gasteiger partial charge < -0.3 is 0 Å². The quantitative estimate of drug-likeness (QED) is 0.616. The Morgan fingerprint density at radius 3 is 2.36 bits per heavy atom. The van der Waals surface area contributed by atoms with Crippen LogP contribution in [0.25, 0.3) is 5.69 Å². The number of hydrogen-bond donors (Lipinski definition) is 0. The third-order valence-corrected chi connectivity index (χ3v) is 5.10. The minimum atomic E-state index is -0.252. The molecular formula is C19H21FN4S. The van der Waals surface area contributed by atoms with E-state index in [1.165, 1.54) is 17.7 Å². The van der Waals surface area contributed by atoms with Crippen LogP contribution in [-0.2, 0) is 5.75 Å². The molecule has 1 heterocycles. The summed E-state index contributed by atoms with van der Waals surface area (Å²) in [5.74, 6) is 1.39. The van der Waals surface area contributed by atoms with E-state index in [4.69, 9.17) is 0 Å². The molecule has 0 aliphatic heterocycles. The van der Waals surface area contributed by atoms with Gasteiger partial charge in [0.2, 0.25) is 0 Å². The van der Waals surface area contributed by atoms with Crippen molar-refractivity contribution < 1.29 is 4.39 Å². The van der Waals surface area contributed by atoms with Crippen LogP contribution in [0.5, 0.6) is 0 Å². The molecule has 1 aromatic heterocycles. The van der Waals surface area contributed by atoms with Gasteiger partial charge in [-0.25, -0.2) is 4.39 Å². The summed E-state index contributed by atoms with van der Waals surface area (Å²) in [6.07, 6.45) is 0. The van der Waals surface area contributed by atoms with Gasteiger partial charge in [-0.3, -0.25) is 9.47 Å². The number of hydrogen-bond acceptors (Lipinski definition) is 4. The Bertz CT molecular complexity index is 815. The summed E-state index contributed by atoms with van der Waals surface area (Å²) < 4.78 is 15.3. The Morgan fingerprint density at radius 1 is 1.04 bits per heavy atom. The van der Waals surface area contributed by atoms with Crippen LogP contribution in [-0.4, -0.2) is 33.8 Å². The molecule has 130 valence electrons. The van der Waals surface area contributed by atoms with Crippen molar-refractivity contribution >= 4 is 11.8 Å². The highest BCUT2D eigenvalue weighted by atomic mass is 32.2. The lowest BCUT2D eigenvalue weighted by Crippen LogP contribution is -2.20. The number of rotatable bonds is 6. The van der Waals surface area contributed by atoms with Crippen molar-refractivity contribution in [2.75, 3.05) is 14.1 Å². The van der Waals surface area contributed by atoms with E-state index < -0.39 is 0 Å². The molecule has 0 aliphatic carbocycles. The Morgan fingerprint density at radius 2 is 1.72 bits per heavy atom. The molecule has 1 atom stereocenters. The van der Waals surface area contributed by atoms with Crippen LogP contribution in [0, 0.1) is 5.82 Å². The van der Waals surface area contributed by atoms with Gasteiger partial charge in [0, 0.05) is 11.4 Å². The third-order valence-electron chi connectivity index (χ3n) is 4.10. The summed E-state index contributed by atoms with van der Waals surface area (Å²) in [5, 5.41) is 9.60. The van der Waals surface area contributed by atoms with E-state index in [-0.39, 0.29) is 11.9 Å². The maximum atomic E-state index is 13.3. The molecule has 0 spiro atoms. The summed E-state index contributed by atoms with van der Waals surface area (Å²) in [7, 11) is 4.01. The van der Waals surface area contributed by atoms with Crippen molar-refractivity contribution in [3.8, 4) is 5.69 Å². The molecule has 25 heavy (non-hydrogen) atoms. The number of halogens is 1. The Kier molecular flexibility index (Phi) is 5.50. The number of thioether (sulfide) groups is 1. The fourth-order valence-corrected chi connectivity index (χ4v) is 3.35. The molecule has 0 saturated heterocycles. The second-order valence-electron chi connectivity index (χ2n) is 6.07. The van der Waals surface area contributed by atoms with E-state index in [1.807, 2.05) is 36.9 Å². The molecule has 0 saturated carbocycles. The van der Waals surface area contributed by atoms with Gasteiger partial charge in [-0.1, -0.05) is 42.1 Å². The second kappa shape index (κ2) is 7.80. The van der Waals surface area contributed by atoms with Crippen LogP contribution in [0.15, 0.2) is 59.8 Å². The minimum Gasteiger partial charge on any atom is -0.300 e. The molecule has 0 unspecified atom stereocenters. The fraction of sp³-hybridized carbons (Fsp3) is 0.263. The molecule has 0 radical (unpaired) electrons. The number of nitrogens with zero attached hydrogens (tertiary/aromatic N) is 4. The summed E-state index contributed by atoms with van der Waals surface area (Å²) in [6.45, 7) is 2.08. The SMILES string of the molecule is C[C@H](c1nnc(SCc2ccccc2)n1-c1ccc(F)cc1)N(C)C. The number of benzene rings is 2. The molecule has 2 aromatic carbocycles. The first kappa shape index (κ1) is 17.6. The lowest BCUT2D eigenvalue weighted by molar-refractivity contribution is 0.305. The second-order valence-corrected chi connectivity index (χ2v) is 7.01. The summed E-state index contributed by atoms with van der Waals surface area (Å²) >= 11 is 1.63. The van der Waals surface area contributed by atoms with Crippen molar-refractivity contribution in [3.05, 3.63) is 71.8 Å². The van der Waals surface area contributed by atoms with Gasteiger partial charge in [0.1, 0.15) is 5.82 Å². The topological polar surface area (TPSA) is 34.0 Å². The van der Waals surface area contributed by atoms with Gasteiger partial charge in [0.25, 0.3) is 0 Å². The highest BCUT2D eigenvalue weighted by molar-refractivity contribution is 7.98. The number of aromatic nitrogens is 3. The van der Waals surface area contributed by atoms with Gasteiger partial charge in [-0.15, -0.1) is 10.2 Å². The van der Waals surface area contributed by atoms with Crippen molar-refractivity contribution in [2.45, 2.75) is 23.9 Å². The van der Waals surface area contributed by atoms with Crippen molar-refractivity contribution in [3.63, 3.8) is 0 Å². The molecule has 0 amide bonds. The van der Waals surface area contributed by atoms with Gasteiger partial charge in [-0.2, -0.15) is 0 Å². The highest BCUT2D eigenvalue weighted by Crippen LogP contribution is 2.28. The van der Waals surface area contributed by atoms with E-state index in [2.05, 4.69) is 34.2 Å². The van der Waals surface area contributed by atoms with Crippen LogP contribution in [0.3, 0.4) is 0 Å². The maximum absolute atomic E-state index is 13.3. The Labute approximate surface area is 151 Å². The molecule has 3 rings (SSSR count). The van der Waals surface area contributed by atoms with Crippen molar-refractivity contribution in [1.29, 1.82) is 0 Å². The first-order chi connectivity index (χ1) is 12.1. The van der Waals surface area contributed by atoms with Crippen LogP contribution in [0.2, 0.25) is 0 Å². The standard InChI is InChI=1S/C19H21FN4S/c1-14(23(2)3)18-21-22-19(25-13-15-7-5-4-6-8-15)24(18)17-11-9-16(20)10-12-17/h4-12,14H,13H2,1-3H3/t14-/m1/s1. The predicted molar refractivity (Wildman–Crippen MR) is 99.4 cm³/mol. The van der Waals surface area contributed by atoms with Crippen molar-refractivity contribution in [1.82, 2.24) is 19.7 Å². The molecular weight excluding hydrogens is 335 g/mol. The maximum Gasteiger partial charge on any atom is 0.196 e. The van der Waals surface area contributed by atoms with Gasteiger partial charge in [0.05, 0.1) is 6.04 Å². The molecule has 0 fully saturated rings. The lowest BCUT2D eigenvalue weighted by atomic mass is 10.2. The highest BCUT2D eigenvalue weighted by Gasteiger charge is 2.21. The van der Waals surface area contributed by atoms with Gasteiger partial charge in [-0.05, 0) is 50.8 Å². The van der Waals surface area contributed by atoms with Crippen LogP contribution in [0.4, 0.5) is 4.39 Å². The first-order valence-corrected chi connectivity index (χ1v) is 9.09. The first-order valence-electron chi connectivity index (χ1n) is 8.10. The molecule has 0 bridgehead atoms. The van der Waals surface area contributed by atoms with Gasteiger partial charge >= 0.3 is 0 Å². The summed E-state index contributed by atoms with van der Waals surface area (Å²) in [4.78, 5) is 2.08. The molecule has 6 heteroatoms. The average molecular weight is 356 g/mol. The molecule has 4 nitrogen and oxygen atoms in total. The zero-order valence-corrected chi connectivity index (χ0v) is 15.4. The van der Waals surface area contributed by atoms with E-state index in [9.17, 15) is 4.39 Å². The molecule has 3 aromatic rings. The smallest absolute Gasteiger partial charge is 0.196 e. The summed E-state index contributed by atoms with van der Waals surface area (Å²) in [6, 6.07) is 16.8. The van der Waals surface area contributed by atoms with Crippen LogP contribution in [0.1, 0.15) is 24.4 Å². The minimum absolute atomic E-state index is 0.0867. The van der Waals surface area contributed by atoms with E-state index in [0.717, 1.165) is 22.4 Å². The largest absolute Gasteiger partial charge is 0.300 e. The Balaban J connectivity index is 1.95. The van der Waals surface area contributed by atoms with Crippen LogP contribution >= 0.6 is 11.8 Å². The lowest BCUT2D eigenvalue weighted by Gasteiger charge is -2.20. The molecule has 0 aliphatic rings. The third kappa shape index (κ3) is 4.08. The predicted octanol–water partition coefficient (Wildman–Crippen LogP) is 4.32. The molecule has 0 N–H and O–H groups in total.